The van der Waals surface area contributed by atoms with E-state index in [1.165, 1.54) is 6.08 Å². The fourth-order valence-electron chi connectivity index (χ4n) is 3.47. The van der Waals surface area contributed by atoms with Gasteiger partial charge in [-0.2, -0.15) is 15.0 Å². The summed E-state index contributed by atoms with van der Waals surface area (Å²) in [5.41, 5.74) is 0.00114. The lowest BCUT2D eigenvalue weighted by Crippen LogP contribution is -2.38. The summed E-state index contributed by atoms with van der Waals surface area (Å²) in [6.45, 7) is 4.47. The molecule has 2 fully saturated rings. The maximum Gasteiger partial charge on any atom is 0.244 e. The van der Waals surface area contributed by atoms with Gasteiger partial charge in [0.05, 0.1) is 19.8 Å². The molecule has 0 bridgehead atoms. The van der Waals surface area contributed by atoms with Gasteiger partial charge in [0.1, 0.15) is 11.6 Å². The van der Waals surface area contributed by atoms with Crippen molar-refractivity contribution in [3.8, 4) is 0 Å². The Morgan fingerprint density at radius 1 is 1.03 bits per heavy atom. The minimum atomic E-state index is -0.603. The number of nitrogens with one attached hydrogen (secondary N) is 1. The van der Waals surface area contributed by atoms with E-state index in [2.05, 4.69) is 25.2 Å². The number of hydrogen-bond donors (Lipinski definition) is 1. The lowest BCUT2D eigenvalue weighted by atomic mass is 10.2. The molecule has 0 unspecified atom stereocenters. The number of anilines is 2. The zero-order chi connectivity index (χ0) is 21.6. The van der Waals surface area contributed by atoms with Crippen molar-refractivity contribution in [2.75, 3.05) is 49.2 Å². The van der Waals surface area contributed by atoms with Crippen LogP contribution in [0.2, 0.25) is 0 Å². The lowest BCUT2D eigenvalue weighted by Gasteiger charge is -2.28. The van der Waals surface area contributed by atoms with Gasteiger partial charge >= 0.3 is 0 Å². The second-order valence-corrected chi connectivity index (χ2v) is 7.36. The fraction of sp³-hybridized carbons (Fsp3) is 0.429. The number of amides is 1. The molecule has 8 nitrogen and oxygen atoms in total. The molecule has 164 valence electrons. The van der Waals surface area contributed by atoms with Crippen molar-refractivity contribution < 1.29 is 18.3 Å². The van der Waals surface area contributed by atoms with Crippen molar-refractivity contribution in [3.05, 3.63) is 47.3 Å². The summed E-state index contributed by atoms with van der Waals surface area (Å²) in [5, 5.41) is 2.69. The van der Waals surface area contributed by atoms with Crippen LogP contribution >= 0.6 is 0 Å². The Kier molecular flexibility index (Phi) is 6.66. The first kappa shape index (κ1) is 21.1. The summed E-state index contributed by atoms with van der Waals surface area (Å²) in [7, 11) is 0. The molecule has 0 atom stereocenters. The van der Waals surface area contributed by atoms with Crippen LogP contribution in [0.4, 0.5) is 20.7 Å². The van der Waals surface area contributed by atoms with Crippen LogP contribution in [0.5, 0.6) is 0 Å². The number of carbonyl (C=O) groups excluding carboxylic acids is 1. The molecular weight excluding hydrogens is 406 g/mol. The van der Waals surface area contributed by atoms with Crippen molar-refractivity contribution in [1.29, 1.82) is 0 Å². The maximum absolute atomic E-state index is 13.7. The molecule has 1 N–H and O–H groups in total. The van der Waals surface area contributed by atoms with Crippen LogP contribution in [0, 0.1) is 11.6 Å². The van der Waals surface area contributed by atoms with Gasteiger partial charge in [0, 0.05) is 37.8 Å². The minimum absolute atomic E-state index is 0.00114. The van der Waals surface area contributed by atoms with E-state index in [1.54, 1.807) is 0 Å². The summed E-state index contributed by atoms with van der Waals surface area (Å²) < 4.78 is 32.4. The quantitative estimate of drug-likeness (QED) is 0.701. The molecule has 2 aromatic rings. The molecule has 0 saturated carbocycles. The standard InChI is InChI=1S/C21H24F2N6O2/c22-16-4-5-17(23)15(13-16)3-6-19(30)24-14-18-25-20(28-7-1-2-8-28)27-21(26-18)29-9-11-31-12-10-29/h3-6,13H,1-2,7-12,14H2,(H,24,30)/b6-3+. The molecule has 0 aliphatic carbocycles. The number of rotatable bonds is 6. The van der Waals surface area contributed by atoms with Gasteiger partial charge in [-0.1, -0.05) is 0 Å². The minimum Gasteiger partial charge on any atom is -0.378 e. The van der Waals surface area contributed by atoms with Gasteiger partial charge in [-0.15, -0.1) is 0 Å². The molecule has 10 heteroatoms. The summed E-state index contributed by atoms with van der Waals surface area (Å²) in [5.74, 6) is -0.0145. The Balaban J connectivity index is 1.46. The molecule has 0 spiro atoms. The Morgan fingerprint density at radius 2 is 1.71 bits per heavy atom. The van der Waals surface area contributed by atoms with Crippen LogP contribution < -0.4 is 15.1 Å². The summed E-state index contributed by atoms with van der Waals surface area (Å²) in [6.07, 6.45) is 4.57. The highest BCUT2D eigenvalue weighted by Crippen LogP contribution is 2.19. The Hall–Kier alpha value is -3.14. The normalized spacial score (nSPS) is 16.8. The molecular formula is C21H24F2N6O2. The first-order valence-corrected chi connectivity index (χ1v) is 10.3. The molecule has 1 aromatic carbocycles. The third-order valence-corrected chi connectivity index (χ3v) is 5.13. The molecule has 3 heterocycles. The number of ether oxygens (including phenoxy) is 1. The Morgan fingerprint density at radius 3 is 2.42 bits per heavy atom. The largest absolute Gasteiger partial charge is 0.378 e. The van der Waals surface area contributed by atoms with E-state index in [0.717, 1.165) is 50.2 Å². The number of aromatic nitrogens is 3. The number of benzene rings is 1. The molecule has 2 saturated heterocycles. The second kappa shape index (κ2) is 9.78. The SMILES string of the molecule is O=C(/C=C/c1cc(F)ccc1F)NCc1nc(N2CCCC2)nc(N2CCOCC2)n1. The Bertz CT molecular complexity index is 959. The molecule has 1 aromatic heterocycles. The van der Waals surface area contributed by atoms with Crippen LogP contribution in [0.3, 0.4) is 0 Å². The van der Waals surface area contributed by atoms with Crippen LogP contribution in [0.1, 0.15) is 24.2 Å². The fourth-order valence-corrected chi connectivity index (χ4v) is 3.47. The third kappa shape index (κ3) is 5.52. The molecule has 0 radical (unpaired) electrons. The number of halogens is 2. The van der Waals surface area contributed by atoms with Crippen LogP contribution in [-0.4, -0.2) is 60.3 Å². The summed E-state index contributed by atoms with van der Waals surface area (Å²) in [4.78, 5) is 30.0. The average molecular weight is 430 g/mol. The average Bonchev–Trinajstić information content (AvgIpc) is 3.34. The number of nitrogens with zero attached hydrogens (tertiary/aromatic N) is 5. The topological polar surface area (TPSA) is 83.5 Å². The molecule has 1 amide bonds. The molecule has 31 heavy (non-hydrogen) atoms. The van der Waals surface area contributed by atoms with Crippen molar-refractivity contribution in [1.82, 2.24) is 20.3 Å². The molecule has 2 aliphatic rings. The highest BCUT2D eigenvalue weighted by molar-refractivity contribution is 5.91. The predicted octanol–water partition coefficient (Wildman–Crippen LogP) is 1.92. The first-order valence-electron chi connectivity index (χ1n) is 10.3. The van der Waals surface area contributed by atoms with Gasteiger partial charge < -0.3 is 19.9 Å². The van der Waals surface area contributed by atoms with Gasteiger partial charge in [0.25, 0.3) is 0 Å². The smallest absolute Gasteiger partial charge is 0.244 e. The summed E-state index contributed by atoms with van der Waals surface area (Å²) in [6, 6.07) is 3.07. The number of morpholine rings is 1. The van der Waals surface area contributed by atoms with Crippen LogP contribution in [-0.2, 0) is 16.1 Å². The van der Waals surface area contributed by atoms with Gasteiger partial charge in [-0.3, -0.25) is 4.79 Å². The predicted molar refractivity (Wildman–Crippen MR) is 112 cm³/mol. The lowest BCUT2D eigenvalue weighted by molar-refractivity contribution is -0.116. The van der Waals surface area contributed by atoms with E-state index >= 15 is 0 Å². The molecule has 4 rings (SSSR count). The van der Waals surface area contributed by atoms with Gasteiger partial charge in [0.15, 0.2) is 5.82 Å². The van der Waals surface area contributed by atoms with E-state index in [9.17, 15) is 13.6 Å². The number of carbonyl (C=O) groups is 1. The summed E-state index contributed by atoms with van der Waals surface area (Å²) >= 11 is 0. The van der Waals surface area contributed by atoms with E-state index in [0.29, 0.717) is 44.0 Å². The van der Waals surface area contributed by atoms with Gasteiger partial charge in [-0.25, -0.2) is 8.78 Å². The highest BCUT2D eigenvalue weighted by atomic mass is 19.1. The highest BCUT2D eigenvalue weighted by Gasteiger charge is 2.21. The van der Waals surface area contributed by atoms with Crippen molar-refractivity contribution in [3.63, 3.8) is 0 Å². The van der Waals surface area contributed by atoms with Gasteiger partial charge in [0.2, 0.25) is 17.8 Å². The van der Waals surface area contributed by atoms with Crippen molar-refractivity contribution >= 4 is 23.9 Å². The number of hydrogen-bond acceptors (Lipinski definition) is 7. The zero-order valence-electron chi connectivity index (χ0n) is 17.1. The first-order chi connectivity index (χ1) is 15.1. The second-order valence-electron chi connectivity index (χ2n) is 7.36. The van der Waals surface area contributed by atoms with E-state index in [1.807, 2.05) is 4.90 Å². The Labute approximate surface area is 179 Å². The maximum atomic E-state index is 13.7. The third-order valence-electron chi connectivity index (χ3n) is 5.13. The van der Waals surface area contributed by atoms with E-state index in [-0.39, 0.29) is 12.1 Å². The van der Waals surface area contributed by atoms with Crippen LogP contribution in [0.25, 0.3) is 6.08 Å². The van der Waals surface area contributed by atoms with Gasteiger partial charge in [-0.05, 0) is 37.1 Å². The molecule has 2 aliphatic heterocycles. The van der Waals surface area contributed by atoms with Crippen LogP contribution in [0.15, 0.2) is 24.3 Å². The van der Waals surface area contributed by atoms with Crippen molar-refractivity contribution in [2.45, 2.75) is 19.4 Å². The van der Waals surface area contributed by atoms with Crippen molar-refractivity contribution in [2.24, 2.45) is 0 Å². The zero-order valence-corrected chi connectivity index (χ0v) is 17.1. The monoisotopic (exact) mass is 430 g/mol. The van der Waals surface area contributed by atoms with E-state index < -0.39 is 17.5 Å². The van der Waals surface area contributed by atoms with E-state index in [4.69, 9.17) is 4.74 Å².